The molecule has 1 aliphatic carbocycles. The maximum absolute atomic E-state index is 11.3. The highest BCUT2D eigenvalue weighted by atomic mass is 127. The predicted octanol–water partition coefficient (Wildman–Crippen LogP) is 1.84. The van der Waals surface area contributed by atoms with Gasteiger partial charge in [-0.25, -0.2) is 13.1 Å². The van der Waals surface area contributed by atoms with Crippen LogP contribution in [0.3, 0.4) is 0 Å². The molecule has 25 heavy (non-hydrogen) atoms. The largest absolute Gasteiger partial charge is 0.301 e. The molecular formula is C15H27Cl2IN4O2S. The van der Waals surface area contributed by atoms with Gasteiger partial charge in [0.1, 0.15) is 0 Å². The fraction of sp³-hybridized carbons (Fsp3) is 0.867. The van der Waals surface area contributed by atoms with Crippen molar-refractivity contribution < 1.29 is 8.42 Å². The van der Waals surface area contributed by atoms with E-state index >= 15 is 0 Å². The molecule has 0 radical (unpaired) electrons. The lowest BCUT2D eigenvalue weighted by Crippen LogP contribution is -2.60. The van der Waals surface area contributed by atoms with E-state index < -0.39 is 10.0 Å². The number of hydrogen-bond donors (Lipinski definition) is 4. The third kappa shape index (κ3) is 7.40. The van der Waals surface area contributed by atoms with Crippen molar-refractivity contribution in [2.24, 2.45) is 0 Å². The Bertz CT molecular complexity index is 540. The predicted molar refractivity (Wildman–Crippen MR) is 113 cm³/mol. The fourth-order valence-electron chi connectivity index (χ4n) is 3.22. The lowest BCUT2D eigenvalue weighted by Gasteiger charge is -2.39. The Kier molecular flexibility index (Phi) is 9.21. The Morgan fingerprint density at radius 3 is 2.56 bits per heavy atom. The van der Waals surface area contributed by atoms with Crippen LogP contribution < -0.4 is 20.7 Å². The van der Waals surface area contributed by atoms with Crippen LogP contribution in [-0.2, 0) is 10.0 Å². The second-order valence-corrected chi connectivity index (χ2v) is 11.0. The van der Waals surface area contributed by atoms with Crippen LogP contribution in [0.4, 0.5) is 0 Å². The molecule has 146 valence electrons. The van der Waals surface area contributed by atoms with E-state index in [1.54, 1.807) is 0 Å². The molecule has 0 aromatic carbocycles. The van der Waals surface area contributed by atoms with E-state index in [-0.39, 0.29) is 23.1 Å². The summed E-state index contributed by atoms with van der Waals surface area (Å²) >= 11 is 15.1. The van der Waals surface area contributed by atoms with Gasteiger partial charge in [0.2, 0.25) is 10.0 Å². The van der Waals surface area contributed by atoms with Crippen molar-refractivity contribution >= 4 is 55.8 Å². The van der Waals surface area contributed by atoms with E-state index in [0.29, 0.717) is 23.1 Å². The van der Waals surface area contributed by atoms with Crippen LogP contribution in [0.2, 0.25) is 0 Å². The van der Waals surface area contributed by atoms with Crippen molar-refractivity contribution in [2.45, 2.75) is 65.2 Å². The monoisotopic (exact) mass is 524 g/mol. The van der Waals surface area contributed by atoms with E-state index in [1.807, 2.05) is 0 Å². The van der Waals surface area contributed by atoms with Gasteiger partial charge in [-0.05, 0) is 32.1 Å². The molecule has 6 unspecified atom stereocenters. The summed E-state index contributed by atoms with van der Waals surface area (Å²) in [5, 5.41) is 11.6. The van der Waals surface area contributed by atoms with E-state index in [1.165, 1.54) is 0 Å². The van der Waals surface area contributed by atoms with Crippen molar-refractivity contribution in [3.8, 4) is 0 Å². The summed E-state index contributed by atoms with van der Waals surface area (Å²) < 4.78 is 25.5. The van der Waals surface area contributed by atoms with Crippen molar-refractivity contribution in [1.29, 1.82) is 0 Å². The van der Waals surface area contributed by atoms with Crippen LogP contribution in [0.5, 0.6) is 0 Å². The number of alkyl halides is 3. The number of halogens is 3. The first-order chi connectivity index (χ1) is 11.8. The Balaban J connectivity index is 1.72. The number of rotatable bonds is 8. The minimum atomic E-state index is -3.35. The van der Waals surface area contributed by atoms with Gasteiger partial charge in [0.15, 0.2) is 0 Å². The lowest BCUT2D eigenvalue weighted by molar-refractivity contribution is 0.224. The zero-order valence-electron chi connectivity index (χ0n) is 14.1. The second-order valence-electron chi connectivity index (χ2n) is 6.56. The molecule has 1 heterocycles. The summed E-state index contributed by atoms with van der Waals surface area (Å²) in [5.41, 5.74) is 0. The molecule has 1 saturated heterocycles. The van der Waals surface area contributed by atoms with Crippen LogP contribution in [0.15, 0.2) is 12.0 Å². The topological polar surface area (TPSA) is 82.3 Å². The maximum Gasteiger partial charge on any atom is 0.233 e. The molecule has 0 bridgehead atoms. The molecule has 6 nitrogen and oxygen atoms in total. The van der Waals surface area contributed by atoms with Crippen molar-refractivity contribution in [3.05, 3.63) is 12.0 Å². The standard InChI is InChI=1S/C15H27Cl2IN4O2S/c1-2-25(23,24)20-7-6-19-14-4-3-5-15(22-14)21-13-9-11(17)10(16)8-12(13)18/h2,10-15,19-22H,1,3-9H2. The summed E-state index contributed by atoms with van der Waals surface area (Å²) in [4.78, 5) is 0. The highest BCUT2D eigenvalue weighted by Crippen LogP contribution is 2.32. The normalized spacial score (nSPS) is 36.9. The van der Waals surface area contributed by atoms with Crippen LogP contribution in [-0.4, -0.2) is 54.6 Å². The van der Waals surface area contributed by atoms with Crippen LogP contribution in [0.25, 0.3) is 0 Å². The summed E-state index contributed by atoms with van der Waals surface area (Å²) in [5.74, 6) is 0. The van der Waals surface area contributed by atoms with E-state index in [0.717, 1.165) is 37.5 Å². The van der Waals surface area contributed by atoms with Gasteiger partial charge in [-0.3, -0.25) is 10.6 Å². The van der Waals surface area contributed by atoms with Gasteiger partial charge in [0, 0.05) is 28.5 Å². The third-order valence-corrected chi connectivity index (χ3v) is 8.12. The Morgan fingerprint density at radius 2 is 1.84 bits per heavy atom. The Hall–Kier alpha value is 0.840. The molecule has 2 rings (SSSR count). The smallest absolute Gasteiger partial charge is 0.233 e. The van der Waals surface area contributed by atoms with Gasteiger partial charge in [0.25, 0.3) is 0 Å². The molecule has 1 saturated carbocycles. The molecular weight excluding hydrogens is 498 g/mol. The highest BCUT2D eigenvalue weighted by molar-refractivity contribution is 14.1. The van der Waals surface area contributed by atoms with E-state index in [2.05, 4.69) is 49.8 Å². The molecule has 10 heteroatoms. The molecule has 0 aromatic heterocycles. The van der Waals surface area contributed by atoms with Gasteiger partial charge in [-0.2, -0.15) is 0 Å². The van der Waals surface area contributed by atoms with Crippen LogP contribution in [0, 0.1) is 0 Å². The Morgan fingerprint density at radius 1 is 1.16 bits per heavy atom. The first-order valence-electron chi connectivity index (χ1n) is 8.60. The van der Waals surface area contributed by atoms with Gasteiger partial charge >= 0.3 is 0 Å². The minimum Gasteiger partial charge on any atom is -0.301 e. The fourth-order valence-corrected chi connectivity index (χ4v) is 5.67. The van der Waals surface area contributed by atoms with Gasteiger partial charge in [-0.15, -0.1) is 23.2 Å². The molecule has 6 atom stereocenters. The average molecular weight is 525 g/mol. The van der Waals surface area contributed by atoms with Crippen LogP contribution in [0.1, 0.15) is 32.1 Å². The zero-order valence-corrected chi connectivity index (χ0v) is 18.5. The number of hydrogen-bond acceptors (Lipinski definition) is 5. The zero-order chi connectivity index (χ0) is 18.4. The molecule has 2 aliphatic rings. The molecule has 0 aromatic rings. The second kappa shape index (κ2) is 10.4. The first-order valence-corrected chi connectivity index (χ1v) is 12.3. The lowest BCUT2D eigenvalue weighted by atomic mass is 9.93. The summed E-state index contributed by atoms with van der Waals surface area (Å²) in [6, 6.07) is 0.355. The van der Waals surface area contributed by atoms with Crippen molar-refractivity contribution in [1.82, 2.24) is 20.7 Å². The van der Waals surface area contributed by atoms with Crippen LogP contribution >= 0.6 is 45.8 Å². The molecule has 0 amide bonds. The quantitative estimate of drug-likeness (QED) is 0.221. The summed E-state index contributed by atoms with van der Waals surface area (Å²) in [7, 11) is -3.35. The molecule has 1 aliphatic heterocycles. The van der Waals surface area contributed by atoms with Gasteiger partial charge in [0.05, 0.1) is 23.1 Å². The summed E-state index contributed by atoms with van der Waals surface area (Å²) in [6.45, 7) is 4.18. The minimum absolute atomic E-state index is 0.0144. The first kappa shape index (κ1) is 22.1. The number of piperidine rings is 1. The average Bonchev–Trinajstić information content (AvgIpc) is 2.57. The summed E-state index contributed by atoms with van der Waals surface area (Å²) in [6.07, 6.45) is 5.40. The highest BCUT2D eigenvalue weighted by Gasteiger charge is 2.35. The third-order valence-electron chi connectivity index (χ3n) is 4.60. The van der Waals surface area contributed by atoms with E-state index in [9.17, 15) is 8.42 Å². The number of sulfonamides is 1. The van der Waals surface area contributed by atoms with Crippen molar-refractivity contribution in [2.75, 3.05) is 13.1 Å². The molecule has 4 N–H and O–H groups in total. The van der Waals surface area contributed by atoms with Gasteiger partial charge < -0.3 is 5.32 Å². The van der Waals surface area contributed by atoms with E-state index in [4.69, 9.17) is 23.2 Å². The maximum atomic E-state index is 11.3. The Labute approximate surface area is 174 Å². The SMILES string of the molecule is C=CS(=O)(=O)NCCNC1CCCC(NC2CC(Cl)C(Cl)CC2I)N1. The van der Waals surface area contributed by atoms with Gasteiger partial charge in [-0.1, -0.05) is 29.2 Å². The van der Waals surface area contributed by atoms with Crippen molar-refractivity contribution in [3.63, 3.8) is 0 Å². The molecule has 2 fully saturated rings. The number of nitrogens with one attached hydrogen (secondary N) is 4. The molecule has 0 spiro atoms.